The fourth-order valence-corrected chi connectivity index (χ4v) is 4.22. The van der Waals surface area contributed by atoms with Crippen LogP contribution in [0.5, 0.6) is 0 Å². The molecule has 0 aliphatic carbocycles. The molecule has 0 saturated carbocycles. The van der Waals surface area contributed by atoms with Crippen LogP contribution in [0.15, 0.2) is 53.3 Å². The Bertz CT molecular complexity index is 1040. The molecule has 0 amide bonds. The van der Waals surface area contributed by atoms with Gasteiger partial charge in [0.05, 0.1) is 10.9 Å². The highest BCUT2D eigenvalue weighted by Gasteiger charge is 2.23. The fourth-order valence-electron chi connectivity index (χ4n) is 3.71. The predicted molar refractivity (Wildman–Crippen MR) is 108 cm³/mol. The van der Waals surface area contributed by atoms with Crippen LogP contribution < -0.4 is 5.56 Å². The Morgan fingerprint density at radius 3 is 2.58 bits per heavy atom. The minimum atomic E-state index is -0.0484. The quantitative estimate of drug-likeness (QED) is 0.672. The van der Waals surface area contributed by atoms with Crippen LogP contribution in [0, 0.1) is 4.77 Å². The van der Waals surface area contributed by atoms with Crippen molar-refractivity contribution in [3.63, 3.8) is 0 Å². The summed E-state index contributed by atoms with van der Waals surface area (Å²) in [6, 6.07) is 15.9. The van der Waals surface area contributed by atoms with Gasteiger partial charge in [-0.3, -0.25) is 14.3 Å². The second-order valence-electron chi connectivity index (χ2n) is 6.79. The van der Waals surface area contributed by atoms with Crippen molar-refractivity contribution in [2.24, 2.45) is 0 Å². The summed E-state index contributed by atoms with van der Waals surface area (Å²) in [6.45, 7) is 2.85. The zero-order valence-electron chi connectivity index (χ0n) is 14.3. The van der Waals surface area contributed by atoms with Crippen molar-refractivity contribution in [2.45, 2.75) is 25.4 Å². The van der Waals surface area contributed by atoms with Crippen LogP contribution in [0.1, 0.15) is 24.4 Å². The molecule has 3 aromatic rings. The Morgan fingerprint density at radius 1 is 1.12 bits per heavy atom. The van der Waals surface area contributed by atoms with Gasteiger partial charge in [0, 0.05) is 30.7 Å². The van der Waals surface area contributed by atoms with Crippen molar-refractivity contribution in [1.29, 1.82) is 0 Å². The summed E-state index contributed by atoms with van der Waals surface area (Å²) < 4.78 is 2.24. The van der Waals surface area contributed by atoms with Gasteiger partial charge < -0.3 is 4.98 Å². The third-order valence-electron chi connectivity index (χ3n) is 5.06. The lowest BCUT2D eigenvalue weighted by molar-refractivity contribution is 0.177. The van der Waals surface area contributed by atoms with E-state index in [4.69, 9.17) is 23.8 Å². The van der Waals surface area contributed by atoms with Crippen molar-refractivity contribution in [2.75, 3.05) is 13.1 Å². The molecule has 2 aromatic carbocycles. The number of piperidine rings is 1. The van der Waals surface area contributed by atoms with E-state index in [-0.39, 0.29) is 11.6 Å². The van der Waals surface area contributed by atoms with Crippen molar-refractivity contribution >= 4 is 34.7 Å². The lowest BCUT2D eigenvalue weighted by atomic mass is 10.0. The first-order chi connectivity index (χ1) is 12.6. The minimum absolute atomic E-state index is 0.0484. The lowest BCUT2D eigenvalue weighted by Crippen LogP contribution is -2.37. The number of nitrogens with one attached hydrogen (secondary N) is 1. The molecule has 1 aromatic heterocycles. The van der Waals surface area contributed by atoms with Gasteiger partial charge in [-0.2, -0.15) is 0 Å². The smallest absolute Gasteiger partial charge is 0.262 e. The molecule has 1 N–H and O–H groups in total. The zero-order valence-corrected chi connectivity index (χ0v) is 15.9. The fraction of sp³-hybridized carbons (Fsp3) is 0.300. The molecule has 4 nitrogen and oxygen atoms in total. The molecule has 0 atom stereocenters. The zero-order chi connectivity index (χ0) is 18.1. The van der Waals surface area contributed by atoms with Gasteiger partial charge in [0.1, 0.15) is 0 Å². The predicted octanol–water partition coefficient (Wildman–Crippen LogP) is 4.55. The molecule has 0 unspecified atom stereocenters. The van der Waals surface area contributed by atoms with Gasteiger partial charge in [-0.05, 0) is 48.8 Å². The molecule has 1 saturated heterocycles. The average Bonchev–Trinajstić information content (AvgIpc) is 2.65. The van der Waals surface area contributed by atoms with E-state index in [1.54, 1.807) is 16.7 Å². The number of hydrogen-bond donors (Lipinski definition) is 1. The molecule has 1 aliphatic heterocycles. The van der Waals surface area contributed by atoms with Gasteiger partial charge in [-0.25, -0.2) is 0 Å². The van der Waals surface area contributed by atoms with Crippen molar-refractivity contribution in [3.8, 4) is 0 Å². The minimum Gasteiger partial charge on any atom is -0.332 e. The number of aromatic nitrogens is 2. The number of likely N-dealkylation sites (tertiary alicyclic amines) is 1. The molecule has 0 bridgehead atoms. The molecule has 0 spiro atoms. The van der Waals surface area contributed by atoms with Crippen molar-refractivity contribution < 1.29 is 0 Å². The van der Waals surface area contributed by atoms with Crippen molar-refractivity contribution in [3.05, 3.63) is 74.2 Å². The molecule has 4 rings (SSSR count). The van der Waals surface area contributed by atoms with Crippen LogP contribution in [-0.4, -0.2) is 27.5 Å². The standard InChI is InChI=1S/C20H20ClN3OS/c21-15-6-7-18-17(12-15)19(25)24(20(26)22-18)16-8-10-23(11-9-16)13-14-4-2-1-3-5-14/h1-7,12,16H,8-11,13H2,(H,22,26). The van der Waals surface area contributed by atoms with Crippen LogP contribution >= 0.6 is 23.8 Å². The number of H-pyrrole nitrogens is 1. The number of hydrogen-bond acceptors (Lipinski definition) is 3. The maximum Gasteiger partial charge on any atom is 0.262 e. The largest absolute Gasteiger partial charge is 0.332 e. The number of fused-ring (bicyclic) bond motifs is 1. The molecule has 1 aliphatic rings. The highest BCUT2D eigenvalue weighted by Crippen LogP contribution is 2.24. The summed E-state index contributed by atoms with van der Waals surface area (Å²) in [5.41, 5.74) is 2.01. The monoisotopic (exact) mass is 385 g/mol. The van der Waals surface area contributed by atoms with Gasteiger partial charge in [-0.15, -0.1) is 0 Å². The first-order valence-electron chi connectivity index (χ1n) is 8.82. The van der Waals surface area contributed by atoms with Gasteiger partial charge in [0.25, 0.3) is 5.56 Å². The molecule has 26 heavy (non-hydrogen) atoms. The van der Waals surface area contributed by atoms with Crippen molar-refractivity contribution in [1.82, 2.24) is 14.5 Å². The first kappa shape index (κ1) is 17.5. The highest BCUT2D eigenvalue weighted by molar-refractivity contribution is 7.71. The van der Waals surface area contributed by atoms with E-state index in [1.807, 2.05) is 12.1 Å². The number of halogens is 1. The number of rotatable bonds is 3. The summed E-state index contributed by atoms with van der Waals surface area (Å²) in [5, 5.41) is 1.15. The summed E-state index contributed by atoms with van der Waals surface area (Å²) in [5.74, 6) is 0. The Balaban J connectivity index is 1.56. The van der Waals surface area contributed by atoms with E-state index in [0.29, 0.717) is 15.2 Å². The highest BCUT2D eigenvalue weighted by atomic mass is 35.5. The maximum absolute atomic E-state index is 13.0. The summed E-state index contributed by atoms with van der Waals surface area (Å²) in [7, 11) is 0. The second kappa shape index (κ2) is 7.35. The summed E-state index contributed by atoms with van der Waals surface area (Å²) >= 11 is 11.5. The van der Waals surface area contributed by atoms with Crippen LogP contribution in [0.4, 0.5) is 0 Å². The van der Waals surface area contributed by atoms with E-state index in [2.05, 4.69) is 34.1 Å². The summed E-state index contributed by atoms with van der Waals surface area (Å²) in [6.07, 6.45) is 1.83. The Hall–Kier alpha value is -1.95. The van der Waals surface area contributed by atoms with Gasteiger partial charge in [0.2, 0.25) is 0 Å². The third kappa shape index (κ3) is 3.47. The topological polar surface area (TPSA) is 41.0 Å². The Kier molecular flexibility index (Phi) is 4.94. The van der Waals surface area contributed by atoms with E-state index >= 15 is 0 Å². The SMILES string of the molecule is O=c1c2cc(Cl)ccc2[nH]c(=S)n1C1CCN(Cc2ccccc2)CC1. The summed E-state index contributed by atoms with van der Waals surface area (Å²) in [4.78, 5) is 18.6. The van der Waals surface area contributed by atoms with Gasteiger partial charge >= 0.3 is 0 Å². The van der Waals surface area contributed by atoms with E-state index < -0.39 is 0 Å². The first-order valence-corrected chi connectivity index (χ1v) is 9.61. The second-order valence-corrected chi connectivity index (χ2v) is 7.61. The number of benzene rings is 2. The molecule has 6 heteroatoms. The third-order valence-corrected chi connectivity index (χ3v) is 5.60. The van der Waals surface area contributed by atoms with Gasteiger partial charge in [-0.1, -0.05) is 41.9 Å². The Labute approximate surface area is 162 Å². The maximum atomic E-state index is 13.0. The average molecular weight is 386 g/mol. The molecule has 2 heterocycles. The van der Waals surface area contributed by atoms with E-state index in [1.165, 1.54) is 5.56 Å². The van der Waals surface area contributed by atoms with E-state index in [9.17, 15) is 4.79 Å². The molecule has 134 valence electrons. The van der Waals surface area contributed by atoms with Crippen LogP contribution in [0.25, 0.3) is 10.9 Å². The van der Waals surface area contributed by atoms with E-state index in [0.717, 1.165) is 38.0 Å². The lowest BCUT2D eigenvalue weighted by Gasteiger charge is -2.32. The molecule has 0 radical (unpaired) electrons. The van der Waals surface area contributed by atoms with Crippen LogP contribution in [0.3, 0.4) is 0 Å². The van der Waals surface area contributed by atoms with Gasteiger partial charge in [0.15, 0.2) is 4.77 Å². The molecular formula is C20H20ClN3OS. The molecule has 1 fully saturated rings. The molecular weight excluding hydrogens is 366 g/mol. The van der Waals surface area contributed by atoms with Crippen LogP contribution in [0.2, 0.25) is 5.02 Å². The number of nitrogens with zero attached hydrogens (tertiary/aromatic N) is 2. The Morgan fingerprint density at radius 2 is 1.85 bits per heavy atom. The normalized spacial score (nSPS) is 16.2. The number of aromatic amines is 1. The van der Waals surface area contributed by atoms with Crippen LogP contribution in [-0.2, 0) is 6.54 Å².